The second kappa shape index (κ2) is 9.48. The van der Waals surface area contributed by atoms with Gasteiger partial charge in [0.2, 0.25) is 5.75 Å². The van der Waals surface area contributed by atoms with Crippen molar-refractivity contribution in [3.05, 3.63) is 36.5 Å². The molecule has 27 heavy (non-hydrogen) atoms. The van der Waals surface area contributed by atoms with E-state index in [1.807, 2.05) is 13.0 Å². The van der Waals surface area contributed by atoms with Crippen LogP contribution in [0.2, 0.25) is 0 Å². The van der Waals surface area contributed by atoms with Crippen LogP contribution in [0.5, 0.6) is 23.0 Å². The van der Waals surface area contributed by atoms with Crippen LogP contribution in [-0.4, -0.2) is 36.7 Å². The van der Waals surface area contributed by atoms with Gasteiger partial charge in [0.05, 0.1) is 20.8 Å². The number of pyridine rings is 1. The number of nitrogens with one attached hydrogen (secondary N) is 1. The summed E-state index contributed by atoms with van der Waals surface area (Å²) >= 11 is 0. The van der Waals surface area contributed by atoms with Crippen molar-refractivity contribution in [2.45, 2.75) is 26.1 Å². The number of benzene rings is 1. The summed E-state index contributed by atoms with van der Waals surface area (Å²) in [7, 11) is -0.835. The summed E-state index contributed by atoms with van der Waals surface area (Å²) in [5.74, 6) is 0.236. The highest BCUT2D eigenvalue weighted by Crippen LogP contribution is 2.55. The van der Waals surface area contributed by atoms with Gasteiger partial charge in [-0.05, 0) is 25.5 Å². The van der Waals surface area contributed by atoms with Gasteiger partial charge in [0, 0.05) is 18.3 Å². The van der Waals surface area contributed by atoms with E-state index in [9.17, 15) is 9.67 Å². The molecular weight excluding hydrogens is 371 g/mol. The van der Waals surface area contributed by atoms with E-state index in [1.54, 1.807) is 25.3 Å². The average Bonchev–Trinajstić information content (AvgIpc) is 2.68. The lowest BCUT2D eigenvalue weighted by Crippen LogP contribution is -2.23. The molecule has 2 N–H and O–H groups in total. The highest BCUT2D eigenvalue weighted by atomic mass is 31.2. The van der Waals surface area contributed by atoms with Gasteiger partial charge in [0.25, 0.3) is 0 Å². The molecule has 0 spiro atoms. The smallest absolute Gasteiger partial charge is 0.401 e. The van der Waals surface area contributed by atoms with Gasteiger partial charge in [-0.25, -0.2) is 9.55 Å². The molecule has 2 unspecified atom stereocenters. The molecule has 1 aromatic heterocycles. The van der Waals surface area contributed by atoms with Crippen molar-refractivity contribution in [3.8, 4) is 23.0 Å². The molecule has 2 atom stereocenters. The number of methoxy groups -OCH3 is 2. The normalized spacial score (nSPS) is 14.1. The monoisotopic (exact) mass is 396 g/mol. The van der Waals surface area contributed by atoms with Crippen LogP contribution in [-0.2, 0) is 9.09 Å². The lowest BCUT2D eigenvalue weighted by atomic mass is 10.3. The largest absolute Gasteiger partial charge is 0.502 e. The Morgan fingerprint density at radius 2 is 1.85 bits per heavy atom. The number of aromatic hydroxyl groups is 1. The predicted molar refractivity (Wildman–Crippen MR) is 103 cm³/mol. The Kier molecular flexibility index (Phi) is 7.33. The number of ether oxygens (including phenoxy) is 2. The van der Waals surface area contributed by atoms with Crippen LogP contribution in [0.4, 0.5) is 5.82 Å². The highest BCUT2D eigenvalue weighted by molar-refractivity contribution is 7.55. The topological polar surface area (TPSA) is 99.1 Å². The number of rotatable bonds is 10. The summed E-state index contributed by atoms with van der Waals surface area (Å²) in [6.07, 6.45) is 2.11. The molecule has 0 aliphatic carbocycles. The van der Waals surface area contributed by atoms with Gasteiger partial charge >= 0.3 is 7.60 Å². The van der Waals surface area contributed by atoms with E-state index in [0.717, 1.165) is 0 Å². The van der Waals surface area contributed by atoms with Crippen molar-refractivity contribution in [3.63, 3.8) is 0 Å². The molecule has 0 saturated heterocycles. The van der Waals surface area contributed by atoms with Crippen molar-refractivity contribution in [1.29, 1.82) is 0 Å². The molecule has 1 aromatic carbocycles. The van der Waals surface area contributed by atoms with Gasteiger partial charge in [-0.2, -0.15) is 0 Å². The van der Waals surface area contributed by atoms with E-state index < -0.39 is 13.4 Å². The van der Waals surface area contributed by atoms with Crippen molar-refractivity contribution < 1.29 is 28.2 Å². The third kappa shape index (κ3) is 5.05. The van der Waals surface area contributed by atoms with Gasteiger partial charge in [0.15, 0.2) is 11.5 Å². The Hall–Kier alpha value is -2.44. The van der Waals surface area contributed by atoms with Crippen LogP contribution in [0.1, 0.15) is 20.3 Å². The summed E-state index contributed by atoms with van der Waals surface area (Å²) in [6.45, 7) is 3.80. The number of aromatic nitrogens is 1. The van der Waals surface area contributed by atoms with E-state index in [1.165, 1.54) is 26.4 Å². The highest BCUT2D eigenvalue weighted by Gasteiger charge is 2.37. The minimum atomic E-state index is -3.64. The van der Waals surface area contributed by atoms with Crippen LogP contribution in [0.25, 0.3) is 0 Å². The zero-order valence-electron chi connectivity index (χ0n) is 15.8. The zero-order valence-corrected chi connectivity index (χ0v) is 16.7. The lowest BCUT2D eigenvalue weighted by Gasteiger charge is -2.27. The number of hydrogen-bond acceptors (Lipinski definition) is 8. The summed E-state index contributed by atoms with van der Waals surface area (Å²) in [5.41, 5.74) is 0. The van der Waals surface area contributed by atoms with Crippen LogP contribution >= 0.6 is 7.60 Å². The van der Waals surface area contributed by atoms with Crippen molar-refractivity contribution in [2.24, 2.45) is 0 Å². The second-order valence-corrected chi connectivity index (χ2v) is 7.65. The van der Waals surface area contributed by atoms with Crippen LogP contribution < -0.4 is 19.3 Å². The van der Waals surface area contributed by atoms with Crippen molar-refractivity contribution in [2.75, 3.05) is 26.1 Å². The molecule has 0 bridgehead atoms. The summed E-state index contributed by atoms with van der Waals surface area (Å²) < 4.78 is 35.1. The molecule has 9 heteroatoms. The predicted octanol–water partition coefficient (Wildman–Crippen LogP) is 4.26. The Bertz CT molecular complexity index is 762. The van der Waals surface area contributed by atoms with Gasteiger partial charge < -0.3 is 24.4 Å². The molecule has 148 valence electrons. The number of hydrogen-bond donors (Lipinski definition) is 2. The first-order valence-electron chi connectivity index (χ1n) is 8.53. The molecule has 1 heterocycles. The van der Waals surface area contributed by atoms with Crippen LogP contribution in [0.3, 0.4) is 0 Å². The third-order valence-electron chi connectivity index (χ3n) is 3.74. The van der Waals surface area contributed by atoms with Crippen molar-refractivity contribution in [1.82, 2.24) is 4.98 Å². The van der Waals surface area contributed by atoms with Gasteiger partial charge in [-0.1, -0.05) is 13.0 Å². The number of anilines is 1. The Balaban J connectivity index is 2.35. The minimum Gasteiger partial charge on any atom is -0.502 e. The zero-order chi connectivity index (χ0) is 19.9. The van der Waals surface area contributed by atoms with E-state index in [2.05, 4.69) is 10.3 Å². The molecule has 0 radical (unpaired) electrons. The average molecular weight is 396 g/mol. The summed E-state index contributed by atoms with van der Waals surface area (Å²) in [6, 6.07) is 8.24. The number of phenols is 1. The molecular formula is C18H25N2O6P. The minimum absolute atomic E-state index is 0.137. The lowest BCUT2D eigenvalue weighted by molar-refractivity contribution is 0.270. The molecule has 8 nitrogen and oxygen atoms in total. The first kappa shape index (κ1) is 20.9. The Labute approximate surface area is 159 Å². The van der Waals surface area contributed by atoms with Crippen LogP contribution in [0, 0.1) is 0 Å². The second-order valence-electron chi connectivity index (χ2n) is 5.51. The molecule has 0 aliphatic heterocycles. The van der Waals surface area contributed by atoms with Crippen LogP contribution in [0.15, 0.2) is 36.5 Å². The summed E-state index contributed by atoms with van der Waals surface area (Å²) in [4.78, 5) is 4.20. The Morgan fingerprint density at radius 3 is 2.33 bits per heavy atom. The maximum absolute atomic E-state index is 13.5. The standard InChI is InChI=1S/C18H25N2O6P/c1-5-17(20-16-9-7-8-10-19-16)27(22,25-6-2)26-13-11-14(23-3)18(21)15(12-13)24-4/h7-12,17,21H,5-6H2,1-4H3,(H,19,20). The molecule has 0 aliphatic rings. The van der Waals surface area contributed by atoms with E-state index >= 15 is 0 Å². The SMILES string of the molecule is CCOP(=O)(Oc1cc(OC)c(O)c(OC)c1)C(CC)Nc1ccccn1. The number of phenolic OH excluding ortho intramolecular Hbond substituents is 1. The molecule has 0 saturated carbocycles. The first-order chi connectivity index (χ1) is 13.0. The third-order valence-corrected chi connectivity index (χ3v) is 6.08. The number of nitrogens with zero attached hydrogens (tertiary/aromatic N) is 1. The maximum atomic E-state index is 13.5. The molecule has 0 fully saturated rings. The fourth-order valence-electron chi connectivity index (χ4n) is 2.45. The van der Waals surface area contributed by atoms with E-state index in [4.69, 9.17) is 18.5 Å². The van der Waals surface area contributed by atoms with Gasteiger partial charge in [-0.3, -0.25) is 4.52 Å². The maximum Gasteiger partial charge on any atom is 0.401 e. The quantitative estimate of drug-likeness (QED) is 0.575. The van der Waals surface area contributed by atoms with Gasteiger partial charge in [-0.15, -0.1) is 0 Å². The van der Waals surface area contributed by atoms with Crippen molar-refractivity contribution >= 4 is 13.4 Å². The van der Waals surface area contributed by atoms with Gasteiger partial charge in [0.1, 0.15) is 17.4 Å². The Morgan fingerprint density at radius 1 is 1.19 bits per heavy atom. The van der Waals surface area contributed by atoms with E-state index in [-0.39, 0.29) is 29.6 Å². The molecule has 2 aromatic rings. The molecule has 2 rings (SSSR count). The fourth-order valence-corrected chi connectivity index (χ4v) is 4.31. The van der Waals surface area contributed by atoms with E-state index in [0.29, 0.717) is 12.2 Å². The summed E-state index contributed by atoms with van der Waals surface area (Å²) in [5, 5.41) is 13.1. The first-order valence-corrected chi connectivity index (χ1v) is 10.1. The fraction of sp³-hybridized carbons (Fsp3) is 0.389. The molecule has 0 amide bonds.